The lowest BCUT2D eigenvalue weighted by Gasteiger charge is -2.29. The second kappa shape index (κ2) is 22.3. The van der Waals surface area contributed by atoms with E-state index in [2.05, 4.69) is 21.9 Å². The van der Waals surface area contributed by atoms with E-state index in [1.165, 1.54) is 16.8 Å². The number of aromatic hydroxyl groups is 1. The smallest absolute Gasteiger partial charge is 0.407 e. The van der Waals surface area contributed by atoms with Gasteiger partial charge in [0.25, 0.3) is 5.91 Å². The Kier molecular flexibility index (Phi) is 18.9. The highest BCUT2D eigenvalue weighted by molar-refractivity contribution is 7.98. The van der Waals surface area contributed by atoms with Crippen molar-refractivity contribution in [3.05, 3.63) is 42.5 Å². The van der Waals surface area contributed by atoms with Crippen LogP contribution in [0.1, 0.15) is 110 Å². The minimum atomic E-state index is -0.785. The number of para-hydroxylation sites is 1. The lowest BCUT2D eigenvalue weighted by Crippen LogP contribution is -2.56. The standard InChI is InChI=1S/C33H50N4O6S.C2H6/c1-3-5-17-27(35-33(42)43-23-12-8-6-7-9-15-24-16-10-11-19-29(24)38)32(41)37-22-13-18-28(37)31(40)34-26(14-4-2)30(39)36-44-25-20-21-25;1-2/h4,10-11,16,19,25-28,38H,2-3,5-9,12-15,17-18,20-23H2,1H3,(H,34,40)(H,35,42)(H,36,39);1-2H3/t26?,27-,28?;/m0./s1. The molecule has 2 unspecified atom stereocenters. The van der Waals surface area contributed by atoms with Crippen molar-refractivity contribution in [1.82, 2.24) is 20.3 Å². The van der Waals surface area contributed by atoms with Gasteiger partial charge >= 0.3 is 6.09 Å². The summed E-state index contributed by atoms with van der Waals surface area (Å²) in [7, 11) is 0. The number of phenols is 1. The quantitative estimate of drug-likeness (QED) is 0.0745. The Morgan fingerprint density at radius 3 is 2.43 bits per heavy atom. The second-order valence-electron chi connectivity index (χ2n) is 11.7. The average Bonchev–Trinajstić information content (AvgIpc) is 3.76. The summed E-state index contributed by atoms with van der Waals surface area (Å²) in [6.45, 7) is 10.4. The first kappa shape index (κ1) is 39.0. The van der Waals surface area contributed by atoms with Gasteiger partial charge in [-0.15, -0.1) is 6.58 Å². The van der Waals surface area contributed by atoms with Crippen molar-refractivity contribution in [3.8, 4) is 5.75 Å². The number of rotatable bonds is 20. The van der Waals surface area contributed by atoms with Crippen LogP contribution in [0.2, 0.25) is 0 Å². The van der Waals surface area contributed by atoms with E-state index in [4.69, 9.17) is 4.74 Å². The van der Waals surface area contributed by atoms with Crippen molar-refractivity contribution in [2.24, 2.45) is 0 Å². The zero-order valence-electron chi connectivity index (χ0n) is 28.1. The van der Waals surface area contributed by atoms with Crippen molar-refractivity contribution in [2.45, 2.75) is 134 Å². The van der Waals surface area contributed by atoms with E-state index < -0.39 is 24.2 Å². The maximum atomic E-state index is 13.6. The Balaban J connectivity index is 0.00000361. The van der Waals surface area contributed by atoms with Crippen molar-refractivity contribution in [2.75, 3.05) is 13.2 Å². The van der Waals surface area contributed by atoms with E-state index in [-0.39, 0.29) is 30.7 Å². The first-order valence-corrected chi connectivity index (χ1v) is 18.1. The van der Waals surface area contributed by atoms with Crippen LogP contribution in [0, 0.1) is 0 Å². The number of amides is 4. The van der Waals surface area contributed by atoms with Crippen molar-refractivity contribution in [1.29, 1.82) is 0 Å². The molecule has 11 heteroatoms. The number of alkyl carbamates (subject to hydrolysis) is 1. The first-order valence-electron chi connectivity index (χ1n) is 17.2. The van der Waals surface area contributed by atoms with Gasteiger partial charge in [-0.2, -0.15) is 0 Å². The minimum absolute atomic E-state index is 0.264. The predicted octanol–water partition coefficient (Wildman–Crippen LogP) is 6.18. The molecule has 2 fully saturated rings. The molecule has 1 aromatic rings. The van der Waals surface area contributed by atoms with Gasteiger partial charge in [-0.3, -0.25) is 19.1 Å². The number of ether oxygens (including phenoxy) is 1. The number of carbonyl (C=O) groups excluding carboxylic acids is 4. The van der Waals surface area contributed by atoms with Gasteiger partial charge in [-0.1, -0.05) is 77.2 Å². The van der Waals surface area contributed by atoms with Crippen LogP contribution >= 0.6 is 11.9 Å². The van der Waals surface area contributed by atoms with Crippen LogP contribution in [-0.4, -0.2) is 70.3 Å². The molecule has 1 saturated heterocycles. The molecule has 1 aliphatic heterocycles. The zero-order chi connectivity index (χ0) is 33.7. The lowest BCUT2D eigenvalue weighted by molar-refractivity contribution is -0.140. The highest BCUT2D eigenvalue weighted by Crippen LogP contribution is 2.32. The van der Waals surface area contributed by atoms with Crippen LogP contribution in [0.5, 0.6) is 5.75 Å². The van der Waals surface area contributed by atoms with E-state index in [9.17, 15) is 24.3 Å². The van der Waals surface area contributed by atoms with Gasteiger partial charge < -0.3 is 25.4 Å². The van der Waals surface area contributed by atoms with Gasteiger partial charge in [0, 0.05) is 11.8 Å². The molecule has 4 amide bonds. The van der Waals surface area contributed by atoms with Crippen molar-refractivity contribution < 1.29 is 29.0 Å². The van der Waals surface area contributed by atoms with Gasteiger partial charge in [0.1, 0.15) is 23.9 Å². The number of carbonyl (C=O) groups is 4. The summed E-state index contributed by atoms with van der Waals surface area (Å²) in [4.78, 5) is 53.7. The zero-order valence-corrected chi connectivity index (χ0v) is 28.9. The fraction of sp³-hybridized carbons (Fsp3) is 0.657. The van der Waals surface area contributed by atoms with E-state index in [1.54, 1.807) is 12.1 Å². The monoisotopic (exact) mass is 660 g/mol. The second-order valence-corrected chi connectivity index (χ2v) is 12.8. The summed E-state index contributed by atoms with van der Waals surface area (Å²) in [6.07, 6.45) is 12.1. The maximum absolute atomic E-state index is 13.6. The van der Waals surface area contributed by atoms with Crippen LogP contribution in [-0.2, 0) is 25.5 Å². The molecule has 0 radical (unpaired) electrons. The number of likely N-dealkylation sites (tertiary alicyclic amines) is 1. The van der Waals surface area contributed by atoms with Crippen LogP contribution in [0.25, 0.3) is 0 Å². The van der Waals surface area contributed by atoms with Crippen LogP contribution in [0.4, 0.5) is 4.79 Å². The normalized spacial score (nSPS) is 16.8. The molecule has 3 atom stereocenters. The molecule has 0 aromatic heterocycles. The van der Waals surface area contributed by atoms with E-state index in [1.807, 2.05) is 39.0 Å². The number of hydrogen-bond acceptors (Lipinski definition) is 7. The molecular weight excluding hydrogens is 604 g/mol. The fourth-order valence-corrected chi connectivity index (χ4v) is 6.05. The number of benzene rings is 1. The summed E-state index contributed by atoms with van der Waals surface area (Å²) in [5.74, 6) is -0.604. The molecule has 1 aromatic carbocycles. The largest absolute Gasteiger partial charge is 0.508 e. The fourth-order valence-electron chi connectivity index (χ4n) is 5.25. The van der Waals surface area contributed by atoms with Crippen LogP contribution in [0.3, 0.4) is 0 Å². The molecule has 3 rings (SSSR count). The Morgan fingerprint density at radius 2 is 1.74 bits per heavy atom. The van der Waals surface area contributed by atoms with Gasteiger partial charge in [0.2, 0.25) is 11.8 Å². The number of unbranched alkanes of at least 4 members (excludes halogenated alkanes) is 5. The molecule has 10 nitrogen and oxygen atoms in total. The van der Waals surface area contributed by atoms with Crippen LogP contribution < -0.4 is 15.4 Å². The summed E-state index contributed by atoms with van der Waals surface area (Å²) in [5.41, 5.74) is 0.961. The van der Waals surface area contributed by atoms with Crippen molar-refractivity contribution >= 4 is 35.8 Å². The van der Waals surface area contributed by atoms with Gasteiger partial charge in [0.15, 0.2) is 0 Å². The summed E-state index contributed by atoms with van der Waals surface area (Å²) >= 11 is 1.39. The van der Waals surface area contributed by atoms with Gasteiger partial charge in [-0.25, -0.2) is 4.79 Å². The molecule has 1 saturated carbocycles. The Morgan fingerprint density at radius 1 is 1.02 bits per heavy atom. The Labute approximate surface area is 280 Å². The predicted molar refractivity (Wildman–Crippen MR) is 184 cm³/mol. The van der Waals surface area contributed by atoms with Gasteiger partial charge in [0.05, 0.1) is 6.61 Å². The lowest BCUT2D eigenvalue weighted by atomic mass is 10.0. The maximum Gasteiger partial charge on any atom is 0.407 e. The Hall–Kier alpha value is -3.21. The third-order valence-corrected chi connectivity index (χ3v) is 9.10. The summed E-state index contributed by atoms with van der Waals surface area (Å²) in [6, 6.07) is 5.14. The van der Waals surface area contributed by atoms with E-state index in [0.717, 1.165) is 69.8 Å². The molecule has 4 N–H and O–H groups in total. The van der Waals surface area contributed by atoms with E-state index in [0.29, 0.717) is 36.8 Å². The summed E-state index contributed by atoms with van der Waals surface area (Å²) < 4.78 is 8.22. The molecule has 1 heterocycles. The van der Waals surface area contributed by atoms with Gasteiger partial charge in [-0.05, 0) is 81.4 Å². The molecule has 46 heavy (non-hydrogen) atoms. The Bertz CT molecular complexity index is 1100. The number of hydrogen-bond donors (Lipinski definition) is 4. The number of nitrogens with zero attached hydrogens (tertiary/aromatic N) is 1. The highest BCUT2D eigenvalue weighted by atomic mass is 32.2. The topological polar surface area (TPSA) is 137 Å². The average molecular weight is 661 g/mol. The molecule has 2 aliphatic rings. The number of aryl methyl sites for hydroxylation is 1. The van der Waals surface area contributed by atoms with E-state index >= 15 is 0 Å². The third-order valence-electron chi connectivity index (χ3n) is 7.98. The highest BCUT2D eigenvalue weighted by Gasteiger charge is 2.39. The number of phenolic OH excluding ortho intramolecular Hbond substituents is 1. The molecule has 1 aliphatic carbocycles. The minimum Gasteiger partial charge on any atom is -0.508 e. The molecule has 0 bridgehead atoms. The third kappa shape index (κ3) is 14.1. The molecule has 0 spiro atoms. The molecule has 258 valence electrons. The molecular formula is C35H56N4O6S. The summed E-state index contributed by atoms with van der Waals surface area (Å²) in [5, 5.41) is 15.9. The first-order chi connectivity index (χ1) is 22.3. The van der Waals surface area contributed by atoms with Crippen molar-refractivity contribution in [3.63, 3.8) is 0 Å². The van der Waals surface area contributed by atoms with Crippen LogP contribution in [0.15, 0.2) is 36.9 Å². The SMILES string of the molecule is C=CCC(NC(=O)C1CCCN1C(=O)[C@H](CCCC)NC(=O)OCCCCCCCc1ccccc1O)C(=O)NSC1CC1.CC. The number of nitrogens with one attached hydrogen (secondary N) is 3.